The SMILES string of the molecule is COC(=O)c1cc2ccc(NC(C)=S)cc2oc1=O. The minimum Gasteiger partial charge on any atom is -0.465 e. The van der Waals surface area contributed by atoms with Gasteiger partial charge in [0.25, 0.3) is 0 Å². The zero-order valence-corrected chi connectivity index (χ0v) is 11.2. The topological polar surface area (TPSA) is 68.5 Å². The van der Waals surface area contributed by atoms with Gasteiger partial charge in [0, 0.05) is 17.1 Å². The molecule has 1 aromatic heterocycles. The summed E-state index contributed by atoms with van der Waals surface area (Å²) in [6.07, 6.45) is 0. The van der Waals surface area contributed by atoms with E-state index < -0.39 is 11.6 Å². The average Bonchev–Trinajstić information content (AvgIpc) is 2.36. The number of rotatable bonds is 2. The highest BCUT2D eigenvalue weighted by molar-refractivity contribution is 7.80. The number of anilines is 1. The highest BCUT2D eigenvalue weighted by atomic mass is 32.1. The normalized spacial score (nSPS) is 10.2. The van der Waals surface area contributed by atoms with Crippen LogP contribution in [0.2, 0.25) is 0 Å². The van der Waals surface area contributed by atoms with Gasteiger partial charge >= 0.3 is 11.6 Å². The van der Waals surface area contributed by atoms with E-state index in [1.54, 1.807) is 25.1 Å². The summed E-state index contributed by atoms with van der Waals surface area (Å²) in [5.41, 5.74) is 0.241. The Morgan fingerprint density at radius 1 is 1.37 bits per heavy atom. The Labute approximate surface area is 114 Å². The molecule has 2 rings (SSSR count). The molecule has 1 heterocycles. The van der Waals surface area contributed by atoms with Gasteiger partial charge in [-0.05, 0) is 25.1 Å². The summed E-state index contributed by atoms with van der Waals surface area (Å²) < 4.78 is 9.61. The molecule has 0 bridgehead atoms. The summed E-state index contributed by atoms with van der Waals surface area (Å²) in [6, 6.07) is 6.60. The molecular weight excluding hydrogens is 266 g/mol. The molecule has 6 heteroatoms. The summed E-state index contributed by atoms with van der Waals surface area (Å²) in [4.78, 5) is 23.6. The van der Waals surface area contributed by atoms with Gasteiger partial charge in [0.15, 0.2) is 0 Å². The quantitative estimate of drug-likeness (QED) is 0.516. The number of ether oxygens (including phenoxy) is 1. The molecule has 0 spiro atoms. The third-order valence-electron chi connectivity index (χ3n) is 2.46. The van der Waals surface area contributed by atoms with E-state index in [9.17, 15) is 9.59 Å². The van der Waals surface area contributed by atoms with E-state index in [0.29, 0.717) is 21.6 Å². The smallest absolute Gasteiger partial charge is 0.351 e. The lowest BCUT2D eigenvalue weighted by atomic mass is 10.1. The van der Waals surface area contributed by atoms with Crippen LogP contribution in [0.4, 0.5) is 5.69 Å². The molecule has 0 unspecified atom stereocenters. The van der Waals surface area contributed by atoms with Crippen molar-refractivity contribution in [1.29, 1.82) is 0 Å². The average molecular weight is 277 g/mol. The number of esters is 1. The first-order valence-corrected chi connectivity index (χ1v) is 5.86. The third-order valence-corrected chi connectivity index (χ3v) is 2.56. The van der Waals surface area contributed by atoms with E-state index in [1.165, 1.54) is 13.2 Å². The number of thiocarbonyl (C=S) groups is 1. The molecule has 19 heavy (non-hydrogen) atoms. The second kappa shape index (κ2) is 5.19. The zero-order chi connectivity index (χ0) is 14.0. The van der Waals surface area contributed by atoms with Crippen LogP contribution in [0.15, 0.2) is 33.5 Å². The van der Waals surface area contributed by atoms with Gasteiger partial charge in [0.1, 0.15) is 11.1 Å². The molecule has 1 aromatic carbocycles. The van der Waals surface area contributed by atoms with E-state index in [4.69, 9.17) is 16.6 Å². The van der Waals surface area contributed by atoms with Crippen molar-refractivity contribution in [2.75, 3.05) is 12.4 Å². The van der Waals surface area contributed by atoms with Gasteiger partial charge in [-0.15, -0.1) is 0 Å². The molecule has 0 amide bonds. The van der Waals surface area contributed by atoms with Crippen molar-refractivity contribution in [2.45, 2.75) is 6.92 Å². The van der Waals surface area contributed by atoms with Crippen molar-refractivity contribution in [3.8, 4) is 0 Å². The highest BCUT2D eigenvalue weighted by Crippen LogP contribution is 2.19. The molecule has 0 aliphatic heterocycles. The second-order valence-electron chi connectivity index (χ2n) is 3.87. The standard InChI is InChI=1S/C13H11NO4S/c1-7(19)14-9-4-3-8-5-10(12(15)17-2)13(16)18-11(8)6-9/h3-6H,1-2H3,(H,14,19). The molecule has 5 nitrogen and oxygen atoms in total. The molecule has 0 atom stereocenters. The third kappa shape index (κ3) is 2.79. The Morgan fingerprint density at radius 3 is 2.74 bits per heavy atom. The number of carbonyl (C=O) groups is 1. The summed E-state index contributed by atoms with van der Waals surface area (Å²) in [7, 11) is 1.21. The predicted octanol–water partition coefficient (Wildman–Crippen LogP) is 2.34. The second-order valence-corrected chi connectivity index (χ2v) is 4.49. The van der Waals surface area contributed by atoms with E-state index in [0.717, 1.165) is 0 Å². The lowest BCUT2D eigenvalue weighted by Crippen LogP contribution is -2.15. The Kier molecular flexibility index (Phi) is 3.62. The molecule has 0 saturated carbocycles. The maximum Gasteiger partial charge on any atom is 0.351 e. The van der Waals surface area contributed by atoms with Crippen LogP contribution in [0.5, 0.6) is 0 Å². The van der Waals surface area contributed by atoms with Crippen molar-refractivity contribution >= 4 is 39.8 Å². The van der Waals surface area contributed by atoms with Crippen LogP contribution in [0.25, 0.3) is 11.0 Å². The van der Waals surface area contributed by atoms with Gasteiger partial charge in [-0.1, -0.05) is 12.2 Å². The summed E-state index contributed by atoms with van der Waals surface area (Å²) in [5, 5.41) is 3.57. The molecule has 0 saturated heterocycles. The molecule has 98 valence electrons. The number of benzene rings is 1. The summed E-state index contributed by atoms with van der Waals surface area (Å²) >= 11 is 4.93. The lowest BCUT2D eigenvalue weighted by Gasteiger charge is -2.05. The molecule has 1 N–H and O–H groups in total. The van der Waals surface area contributed by atoms with Gasteiger partial charge in [-0.2, -0.15) is 0 Å². The minimum atomic E-state index is -0.726. The Hall–Kier alpha value is -2.21. The van der Waals surface area contributed by atoms with Crippen molar-refractivity contribution in [2.24, 2.45) is 0 Å². The van der Waals surface area contributed by atoms with E-state index in [2.05, 4.69) is 10.1 Å². The van der Waals surface area contributed by atoms with Crippen LogP contribution < -0.4 is 10.9 Å². The zero-order valence-electron chi connectivity index (χ0n) is 10.4. The number of nitrogens with one attached hydrogen (secondary N) is 1. The van der Waals surface area contributed by atoms with Crippen LogP contribution in [0.1, 0.15) is 17.3 Å². The summed E-state index contributed by atoms with van der Waals surface area (Å²) in [5.74, 6) is -0.715. The monoisotopic (exact) mass is 277 g/mol. The molecule has 0 radical (unpaired) electrons. The molecule has 2 aromatic rings. The number of hydrogen-bond donors (Lipinski definition) is 1. The Balaban J connectivity index is 2.55. The first-order chi connectivity index (χ1) is 9.01. The van der Waals surface area contributed by atoms with Crippen LogP contribution in [-0.2, 0) is 4.74 Å². The summed E-state index contributed by atoms with van der Waals surface area (Å²) in [6.45, 7) is 1.75. The van der Waals surface area contributed by atoms with E-state index in [1.807, 2.05) is 0 Å². The van der Waals surface area contributed by atoms with E-state index in [-0.39, 0.29) is 5.56 Å². The Bertz CT molecular complexity index is 720. The fourth-order valence-corrected chi connectivity index (χ4v) is 1.76. The van der Waals surface area contributed by atoms with Gasteiger partial charge < -0.3 is 14.5 Å². The largest absolute Gasteiger partial charge is 0.465 e. The maximum absolute atomic E-state index is 11.7. The van der Waals surface area contributed by atoms with Gasteiger partial charge in [0.05, 0.1) is 12.1 Å². The first kappa shape index (κ1) is 13.2. The van der Waals surface area contributed by atoms with Crippen molar-refractivity contribution in [1.82, 2.24) is 0 Å². The van der Waals surface area contributed by atoms with Crippen molar-refractivity contribution in [3.63, 3.8) is 0 Å². The molecule has 0 fully saturated rings. The first-order valence-electron chi connectivity index (χ1n) is 5.45. The Morgan fingerprint density at radius 2 is 2.11 bits per heavy atom. The van der Waals surface area contributed by atoms with E-state index >= 15 is 0 Å². The van der Waals surface area contributed by atoms with Gasteiger partial charge in [-0.3, -0.25) is 0 Å². The highest BCUT2D eigenvalue weighted by Gasteiger charge is 2.13. The molecular formula is C13H11NO4S. The predicted molar refractivity (Wildman–Crippen MR) is 75.7 cm³/mol. The lowest BCUT2D eigenvalue weighted by molar-refractivity contribution is 0.0596. The van der Waals surface area contributed by atoms with Crippen LogP contribution in [-0.4, -0.2) is 18.1 Å². The van der Waals surface area contributed by atoms with Gasteiger partial charge in [-0.25, -0.2) is 9.59 Å². The molecule has 0 aliphatic carbocycles. The number of hydrogen-bond acceptors (Lipinski definition) is 5. The molecule has 0 aliphatic rings. The van der Waals surface area contributed by atoms with Gasteiger partial charge in [0.2, 0.25) is 0 Å². The van der Waals surface area contributed by atoms with Crippen LogP contribution in [0, 0.1) is 0 Å². The number of fused-ring (bicyclic) bond motifs is 1. The number of carbonyl (C=O) groups excluding carboxylic acids is 1. The van der Waals surface area contributed by atoms with Crippen LogP contribution >= 0.6 is 12.2 Å². The maximum atomic E-state index is 11.7. The van der Waals surface area contributed by atoms with Crippen LogP contribution in [0.3, 0.4) is 0 Å². The van der Waals surface area contributed by atoms with Crippen molar-refractivity contribution in [3.05, 3.63) is 40.2 Å². The fourth-order valence-electron chi connectivity index (χ4n) is 1.64. The van der Waals surface area contributed by atoms with Crippen molar-refractivity contribution < 1.29 is 13.9 Å². The minimum absolute atomic E-state index is 0.123. The fraction of sp³-hybridized carbons (Fsp3) is 0.154. The number of methoxy groups -OCH3 is 1.